The first-order valence-electron chi connectivity index (χ1n) is 5.71. The molecule has 18 heavy (non-hydrogen) atoms. The number of rotatable bonds is 3. The molecule has 0 aliphatic rings. The zero-order chi connectivity index (χ0) is 13.1. The predicted molar refractivity (Wildman–Crippen MR) is 69.1 cm³/mol. The van der Waals surface area contributed by atoms with Gasteiger partial charge in [0.2, 0.25) is 5.95 Å². The van der Waals surface area contributed by atoms with Crippen LogP contribution in [-0.4, -0.2) is 10.1 Å². The fourth-order valence-corrected chi connectivity index (χ4v) is 1.83. The third-order valence-electron chi connectivity index (χ3n) is 2.77. The molecule has 94 valence electrons. The standard InChI is InChI=1S/C14H15FN2O/c1-9-5-11(6-10(2)14(9)18)7-16-12-3-4-13(15)17-8-12/h3-6,8,16,18H,7H2,1-2H3. The van der Waals surface area contributed by atoms with Crippen molar-refractivity contribution in [2.24, 2.45) is 0 Å². The molecule has 0 aliphatic carbocycles. The van der Waals surface area contributed by atoms with Crippen molar-refractivity contribution >= 4 is 5.69 Å². The van der Waals surface area contributed by atoms with Gasteiger partial charge in [-0.1, -0.05) is 12.1 Å². The summed E-state index contributed by atoms with van der Waals surface area (Å²) in [6, 6.07) is 6.80. The lowest BCUT2D eigenvalue weighted by Crippen LogP contribution is -2.01. The van der Waals surface area contributed by atoms with Gasteiger partial charge in [-0.25, -0.2) is 4.98 Å². The van der Waals surface area contributed by atoms with Gasteiger partial charge in [0.25, 0.3) is 0 Å². The van der Waals surface area contributed by atoms with E-state index in [0.29, 0.717) is 12.3 Å². The Morgan fingerprint density at radius 1 is 1.22 bits per heavy atom. The minimum Gasteiger partial charge on any atom is -0.507 e. The molecule has 0 spiro atoms. The first kappa shape index (κ1) is 12.4. The lowest BCUT2D eigenvalue weighted by Gasteiger charge is -2.09. The van der Waals surface area contributed by atoms with E-state index in [1.54, 1.807) is 6.07 Å². The van der Waals surface area contributed by atoms with Crippen LogP contribution in [0.2, 0.25) is 0 Å². The summed E-state index contributed by atoms with van der Waals surface area (Å²) >= 11 is 0. The van der Waals surface area contributed by atoms with Gasteiger partial charge in [-0.2, -0.15) is 4.39 Å². The molecule has 0 saturated carbocycles. The van der Waals surface area contributed by atoms with Crippen molar-refractivity contribution in [1.29, 1.82) is 0 Å². The number of hydrogen-bond acceptors (Lipinski definition) is 3. The summed E-state index contributed by atoms with van der Waals surface area (Å²) in [5.74, 6) is -0.154. The van der Waals surface area contributed by atoms with E-state index in [1.165, 1.54) is 12.3 Å². The largest absolute Gasteiger partial charge is 0.507 e. The van der Waals surface area contributed by atoms with Crippen molar-refractivity contribution < 1.29 is 9.50 Å². The number of nitrogens with one attached hydrogen (secondary N) is 1. The molecule has 2 rings (SSSR count). The fraction of sp³-hybridized carbons (Fsp3) is 0.214. The summed E-state index contributed by atoms with van der Waals surface area (Å²) in [6.07, 6.45) is 1.45. The molecule has 3 nitrogen and oxygen atoms in total. The van der Waals surface area contributed by atoms with E-state index in [-0.39, 0.29) is 0 Å². The predicted octanol–water partition coefficient (Wildman–Crippen LogP) is 3.16. The minimum absolute atomic E-state index is 0.335. The number of phenolic OH excluding ortho intramolecular Hbond substituents is 1. The van der Waals surface area contributed by atoms with Crippen LogP contribution in [0.5, 0.6) is 5.75 Å². The Morgan fingerprint density at radius 3 is 2.44 bits per heavy atom. The number of pyridine rings is 1. The number of hydrogen-bond donors (Lipinski definition) is 2. The van der Waals surface area contributed by atoms with Crippen molar-refractivity contribution in [2.45, 2.75) is 20.4 Å². The van der Waals surface area contributed by atoms with Crippen LogP contribution in [-0.2, 0) is 6.54 Å². The van der Waals surface area contributed by atoms with Gasteiger partial charge in [0, 0.05) is 6.54 Å². The van der Waals surface area contributed by atoms with E-state index in [9.17, 15) is 9.50 Å². The highest BCUT2D eigenvalue weighted by atomic mass is 19.1. The Bertz CT molecular complexity index is 529. The van der Waals surface area contributed by atoms with Gasteiger partial charge < -0.3 is 10.4 Å². The van der Waals surface area contributed by atoms with Crippen molar-refractivity contribution in [1.82, 2.24) is 4.98 Å². The van der Waals surface area contributed by atoms with Crippen LogP contribution in [0.1, 0.15) is 16.7 Å². The number of anilines is 1. The molecule has 1 aromatic carbocycles. The maximum absolute atomic E-state index is 12.6. The molecule has 0 aliphatic heterocycles. The highest BCUT2D eigenvalue weighted by molar-refractivity contribution is 5.45. The second-order valence-corrected chi connectivity index (χ2v) is 4.30. The van der Waals surface area contributed by atoms with Crippen LogP contribution in [0, 0.1) is 19.8 Å². The third kappa shape index (κ3) is 2.77. The summed E-state index contributed by atoms with van der Waals surface area (Å²) in [7, 11) is 0. The summed E-state index contributed by atoms with van der Waals surface area (Å²) in [5.41, 5.74) is 3.53. The molecule has 0 fully saturated rings. The number of nitrogens with zero attached hydrogens (tertiary/aromatic N) is 1. The molecule has 1 aromatic heterocycles. The van der Waals surface area contributed by atoms with Crippen molar-refractivity contribution in [3.8, 4) is 5.75 Å². The third-order valence-corrected chi connectivity index (χ3v) is 2.77. The zero-order valence-corrected chi connectivity index (χ0v) is 10.4. The molecular formula is C14H15FN2O. The average Bonchev–Trinajstić information content (AvgIpc) is 2.35. The minimum atomic E-state index is -0.489. The summed E-state index contributed by atoms with van der Waals surface area (Å²) in [6.45, 7) is 4.34. The highest BCUT2D eigenvalue weighted by Gasteiger charge is 2.03. The second-order valence-electron chi connectivity index (χ2n) is 4.30. The van der Waals surface area contributed by atoms with E-state index in [1.807, 2.05) is 26.0 Å². The number of aryl methyl sites for hydroxylation is 2. The van der Waals surface area contributed by atoms with Crippen LogP contribution in [0.4, 0.5) is 10.1 Å². The Morgan fingerprint density at radius 2 is 1.89 bits per heavy atom. The van der Waals surface area contributed by atoms with Crippen LogP contribution in [0.15, 0.2) is 30.5 Å². The highest BCUT2D eigenvalue weighted by Crippen LogP contribution is 2.23. The van der Waals surface area contributed by atoms with Crippen LogP contribution >= 0.6 is 0 Å². The van der Waals surface area contributed by atoms with E-state index in [2.05, 4.69) is 10.3 Å². The summed E-state index contributed by atoms with van der Waals surface area (Å²) in [4.78, 5) is 3.57. The smallest absolute Gasteiger partial charge is 0.212 e. The molecule has 0 atom stereocenters. The van der Waals surface area contributed by atoms with Crippen LogP contribution in [0.3, 0.4) is 0 Å². The van der Waals surface area contributed by atoms with Gasteiger partial charge in [0.15, 0.2) is 0 Å². The SMILES string of the molecule is Cc1cc(CNc2ccc(F)nc2)cc(C)c1O. The molecule has 0 amide bonds. The van der Waals surface area contributed by atoms with Crippen molar-refractivity contribution in [3.05, 3.63) is 53.1 Å². The Labute approximate surface area is 105 Å². The molecule has 0 bridgehead atoms. The molecule has 2 N–H and O–H groups in total. The molecule has 0 unspecified atom stereocenters. The Hall–Kier alpha value is -2.10. The fourth-order valence-electron chi connectivity index (χ4n) is 1.83. The molecule has 0 radical (unpaired) electrons. The number of benzene rings is 1. The zero-order valence-electron chi connectivity index (χ0n) is 10.4. The van der Waals surface area contributed by atoms with Crippen molar-refractivity contribution in [2.75, 3.05) is 5.32 Å². The van der Waals surface area contributed by atoms with Crippen LogP contribution in [0.25, 0.3) is 0 Å². The molecule has 4 heteroatoms. The second kappa shape index (κ2) is 5.04. The maximum atomic E-state index is 12.6. The van der Waals surface area contributed by atoms with E-state index >= 15 is 0 Å². The lowest BCUT2D eigenvalue weighted by molar-refractivity contribution is 0.466. The van der Waals surface area contributed by atoms with E-state index in [0.717, 1.165) is 22.4 Å². The maximum Gasteiger partial charge on any atom is 0.212 e. The molecule has 1 heterocycles. The van der Waals surface area contributed by atoms with Crippen LogP contribution < -0.4 is 5.32 Å². The van der Waals surface area contributed by atoms with Gasteiger partial charge in [-0.15, -0.1) is 0 Å². The average molecular weight is 246 g/mol. The Kier molecular flexibility index (Phi) is 3.46. The molecule has 0 saturated heterocycles. The normalized spacial score (nSPS) is 10.4. The first-order valence-corrected chi connectivity index (χ1v) is 5.71. The van der Waals surface area contributed by atoms with E-state index in [4.69, 9.17) is 0 Å². The molecular weight excluding hydrogens is 231 g/mol. The molecule has 2 aromatic rings. The Balaban J connectivity index is 2.08. The van der Waals surface area contributed by atoms with Gasteiger partial charge in [0.05, 0.1) is 11.9 Å². The van der Waals surface area contributed by atoms with E-state index < -0.39 is 5.95 Å². The monoisotopic (exact) mass is 246 g/mol. The van der Waals surface area contributed by atoms with Crippen molar-refractivity contribution in [3.63, 3.8) is 0 Å². The van der Waals surface area contributed by atoms with Gasteiger partial charge in [-0.05, 0) is 42.7 Å². The van der Waals surface area contributed by atoms with Gasteiger partial charge in [-0.3, -0.25) is 0 Å². The number of halogens is 1. The summed E-state index contributed by atoms with van der Waals surface area (Å²) in [5, 5.41) is 12.8. The number of aromatic hydroxyl groups is 1. The number of phenols is 1. The quantitative estimate of drug-likeness (QED) is 0.818. The topological polar surface area (TPSA) is 45.2 Å². The van der Waals surface area contributed by atoms with Gasteiger partial charge >= 0.3 is 0 Å². The first-order chi connectivity index (χ1) is 8.56. The van der Waals surface area contributed by atoms with Gasteiger partial charge in [0.1, 0.15) is 5.75 Å². The lowest BCUT2D eigenvalue weighted by atomic mass is 10.1. The number of aromatic nitrogens is 1. The summed E-state index contributed by atoms with van der Waals surface area (Å²) < 4.78 is 12.6.